The molecule has 0 aromatic heterocycles. The zero-order valence-corrected chi connectivity index (χ0v) is 16.9. The molecule has 2 aromatic rings. The van der Waals surface area contributed by atoms with E-state index in [1.165, 1.54) is 4.90 Å². The van der Waals surface area contributed by atoms with E-state index in [9.17, 15) is 22.0 Å². The SMILES string of the molecule is CC1Oc2ccccc2OC1C(=O)N1CCN(S(=O)(=O)c2ccc(F)c(F)c2)CC1. The smallest absolute Gasteiger partial charge is 0.267 e. The first-order valence-corrected chi connectivity index (χ1v) is 10.9. The van der Waals surface area contributed by atoms with Gasteiger partial charge in [-0.25, -0.2) is 17.2 Å². The van der Waals surface area contributed by atoms with Gasteiger partial charge in [-0.15, -0.1) is 0 Å². The molecule has 30 heavy (non-hydrogen) atoms. The highest BCUT2D eigenvalue weighted by Crippen LogP contribution is 2.34. The highest BCUT2D eigenvalue weighted by atomic mass is 32.2. The van der Waals surface area contributed by atoms with Crippen LogP contribution in [0.2, 0.25) is 0 Å². The lowest BCUT2D eigenvalue weighted by Crippen LogP contribution is -2.56. The molecule has 0 bridgehead atoms. The number of para-hydroxylation sites is 2. The highest BCUT2D eigenvalue weighted by molar-refractivity contribution is 7.89. The van der Waals surface area contributed by atoms with Crippen LogP contribution in [-0.4, -0.2) is 61.9 Å². The van der Waals surface area contributed by atoms with Crippen LogP contribution in [0, 0.1) is 11.6 Å². The number of rotatable bonds is 3. The first-order chi connectivity index (χ1) is 14.3. The van der Waals surface area contributed by atoms with Crippen molar-refractivity contribution in [2.75, 3.05) is 26.2 Å². The molecule has 2 aliphatic rings. The minimum absolute atomic E-state index is 0.0333. The summed E-state index contributed by atoms with van der Waals surface area (Å²) >= 11 is 0. The third kappa shape index (κ3) is 3.72. The molecule has 1 amide bonds. The number of halogens is 2. The number of amides is 1. The van der Waals surface area contributed by atoms with Crippen molar-refractivity contribution in [2.45, 2.75) is 24.0 Å². The van der Waals surface area contributed by atoms with Crippen LogP contribution in [0.4, 0.5) is 8.78 Å². The van der Waals surface area contributed by atoms with Crippen LogP contribution < -0.4 is 9.47 Å². The Morgan fingerprint density at radius 2 is 1.60 bits per heavy atom. The second kappa shape index (κ2) is 7.84. The van der Waals surface area contributed by atoms with E-state index in [1.807, 2.05) is 6.07 Å². The van der Waals surface area contributed by atoms with Gasteiger partial charge in [0.05, 0.1) is 4.90 Å². The van der Waals surface area contributed by atoms with Crippen LogP contribution >= 0.6 is 0 Å². The summed E-state index contributed by atoms with van der Waals surface area (Å²) in [6, 6.07) is 9.53. The largest absolute Gasteiger partial charge is 0.482 e. The molecule has 1 fully saturated rings. The number of fused-ring (bicyclic) bond motifs is 1. The van der Waals surface area contributed by atoms with Crippen LogP contribution in [0.25, 0.3) is 0 Å². The Balaban J connectivity index is 1.43. The molecule has 0 saturated carbocycles. The van der Waals surface area contributed by atoms with Gasteiger partial charge < -0.3 is 14.4 Å². The molecule has 0 spiro atoms. The molecule has 1 saturated heterocycles. The molecule has 2 aliphatic heterocycles. The minimum atomic E-state index is -3.99. The fourth-order valence-electron chi connectivity index (χ4n) is 3.51. The van der Waals surface area contributed by atoms with Crippen molar-refractivity contribution in [3.63, 3.8) is 0 Å². The third-order valence-corrected chi connectivity index (χ3v) is 7.06. The fourth-order valence-corrected chi connectivity index (χ4v) is 4.94. The monoisotopic (exact) mass is 438 g/mol. The van der Waals surface area contributed by atoms with Gasteiger partial charge in [0.1, 0.15) is 6.10 Å². The predicted molar refractivity (Wildman–Crippen MR) is 103 cm³/mol. The van der Waals surface area contributed by atoms with Crippen LogP contribution in [0.1, 0.15) is 6.92 Å². The van der Waals surface area contributed by atoms with Crippen molar-refractivity contribution in [1.29, 1.82) is 0 Å². The van der Waals surface area contributed by atoms with Crippen LogP contribution in [0.15, 0.2) is 47.4 Å². The van der Waals surface area contributed by atoms with Gasteiger partial charge in [0.15, 0.2) is 23.1 Å². The maximum absolute atomic E-state index is 13.5. The quantitative estimate of drug-likeness (QED) is 0.733. The maximum Gasteiger partial charge on any atom is 0.267 e. The molecule has 0 radical (unpaired) electrons. The highest BCUT2D eigenvalue weighted by Gasteiger charge is 2.39. The number of carbonyl (C=O) groups is 1. The Morgan fingerprint density at radius 3 is 2.23 bits per heavy atom. The molecule has 2 aromatic carbocycles. The van der Waals surface area contributed by atoms with Gasteiger partial charge in [-0.2, -0.15) is 4.31 Å². The minimum Gasteiger partial charge on any atom is -0.482 e. The van der Waals surface area contributed by atoms with Gasteiger partial charge in [-0.3, -0.25) is 4.79 Å². The average molecular weight is 438 g/mol. The number of hydrogen-bond acceptors (Lipinski definition) is 5. The van der Waals surface area contributed by atoms with E-state index in [0.29, 0.717) is 17.6 Å². The van der Waals surface area contributed by atoms with Gasteiger partial charge in [-0.1, -0.05) is 12.1 Å². The van der Waals surface area contributed by atoms with Crippen molar-refractivity contribution in [2.24, 2.45) is 0 Å². The second-order valence-corrected chi connectivity index (χ2v) is 9.05. The van der Waals surface area contributed by atoms with E-state index in [2.05, 4.69) is 0 Å². The van der Waals surface area contributed by atoms with Crippen molar-refractivity contribution in [1.82, 2.24) is 9.21 Å². The van der Waals surface area contributed by atoms with Gasteiger partial charge in [0.25, 0.3) is 5.91 Å². The molecule has 2 heterocycles. The summed E-state index contributed by atoms with van der Waals surface area (Å²) in [4.78, 5) is 14.1. The number of nitrogens with zero attached hydrogens (tertiary/aromatic N) is 2. The zero-order chi connectivity index (χ0) is 21.5. The van der Waals surface area contributed by atoms with Crippen molar-refractivity contribution < 1.29 is 31.5 Å². The molecule has 4 rings (SSSR count). The topological polar surface area (TPSA) is 76.2 Å². The van der Waals surface area contributed by atoms with Crippen molar-refractivity contribution >= 4 is 15.9 Å². The maximum atomic E-state index is 13.5. The van der Waals surface area contributed by atoms with Gasteiger partial charge >= 0.3 is 0 Å². The number of hydrogen-bond donors (Lipinski definition) is 0. The molecule has 7 nitrogen and oxygen atoms in total. The lowest BCUT2D eigenvalue weighted by atomic mass is 10.1. The Bertz CT molecular complexity index is 1070. The number of ether oxygens (including phenoxy) is 2. The van der Waals surface area contributed by atoms with Crippen LogP contribution in [-0.2, 0) is 14.8 Å². The second-order valence-electron chi connectivity index (χ2n) is 7.11. The van der Waals surface area contributed by atoms with Gasteiger partial charge in [-0.05, 0) is 37.3 Å². The average Bonchev–Trinajstić information content (AvgIpc) is 2.74. The summed E-state index contributed by atoms with van der Waals surface area (Å²) in [5.74, 6) is -1.59. The Labute approximate surface area is 172 Å². The van der Waals surface area contributed by atoms with E-state index in [4.69, 9.17) is 9.47 Å². The summed E-state index contributed by atoms with van der Waals surface area (Å²) in [6.45, 7) is 2.10. The number of sulfonamides is 1. The molecule has 0 N–H and O–H groups in total. The number of piperazine rings is 1. The van der Waals surface area contributed by atoms with Gasteiger partial charge in [0, 0.05) is 26.2 Å². The Hall–Kier alpha value is -2.72. The Morgan fingerprint density at radius 1 is 0.967 bits per heavy atom. The lowest BCUT2D eigenvalue weighted by molar-refractivity contribution is -0.145. The van der Waals surface area contributed by atoms with E-state index < -0.39 is 33.9 Å². The van der Waals surface area contributed by atoms with E-state index in [0.717, 1.165) is 16.4 Å². The van der Waals surface area contributed by atoms with E-state index >= 15 is 0 Å². The molecule has 0 aliphatic carbocycles. The lowest BCUT2D eigenvalue weighted by Gasteiger charge is -2.38. The van der Waals surface area contributed by atoms with Crippen molar-refractivity contribution in [3.05, 3.63) is 54.1 Å². The molecule has 10 heteroatoms. The first kappa shape index (κ1) is 20.5. The summed E-state index contributed by atoms with van der Waals surface area (Å²) < 4.78 is 64.7. The standard InChI is InChI=1S/C20H20F2N2O5S/c1-13-19(29-18-5-3-2-4-17(18)28-13)20(25)23-8-10-24(11-9-23)30(26,27)14-6-7-15(21)16(22)12-14/h2-7,12-13,19H,8-11H2,1H3. The molecular weight excluding hydrogens is 418 g/mol. The Kier molecular flexibility index (Phi) is 5.37. The van der Waals surface area contributed by atoms with Gasteiger partial charge in [0.2, 0.25) is 16.1 Å². The number of carbonyl (C=O) groups excluding carboxylic acids is 1. The predicted octanol–water partition coefficient (Wildman–Crippen LogP) is 2.03. The summed E-state index contributed by atoms with van der Waals surface area (Å²) in [5.41, 5.74) is 0. The summed E-state index contributed by atoms with van der Waals surface area (Å²) in [6.07, 6.45) is -1.34. The summed E-state index contributed by atoms with van der Waals surface area (Å²) in [5, 5.41) is 0. The van der Waals surface area contributed by atoms with E-state index in [1.54, 1.807) is 25.1 Å². The first-order valence-electron chi connectivity index (χ1n) is 9.44. The number of benzene rings is 2. The molecule has 160 valence electrons. The third-order valence-electron chi connectivity index (χ3n) is 5.16. The van der Waals surface area contributed by atoms with Crippen LogP contribution in [0.3, 0.4) is 0 Å². The zero-order valence-electron chi connectivity index (χ0n) is 16.1. The molecule has 2 atom stereocenters. The summed E-state index contributed by atoms with van der Waals surface area (Å²) in [7, 11) is -3.99. The molecule has 2 unspecified atom stereocenters. The van der Waals surface area contributed by atoms with E-state index in [-0.39, 0.29) is 37.0 Å². The fraction of sp³-hybridized carbons (Fsp3) is 0.350. The van der Waals surface area contributed by atoms with Crippen LogP contribution in [0.5, 0.6) is 11.5 Å². The normalized spacial score (nSPS) is 22.0. The van der Waals surface area contributed by atoms with Crippen molar-refractivity contribution in [3.8, 4) is 11.5 Å². The molecular formula is C20H20F2N2O5S.